The van der Waals surface area contributed by atoms with E-state index >= 15 is 0 Å². The topological polar surface area (TPSA) is 86.2 Å². The lowest BCUT2D eigenvalue weighted by atomic mass is 10.4. The van der Waals surface area contributed by atoms with Gasteiger partial charge in [0.25, 0.3) is 0 Å². The van der Waals surface area contributed by atoms with Gasteiger partial charge in [0, 0.05) is 6.42 Å². The van der Waals surface area contributed by atoms with Gasteiger partial charge in [-0.15, -0.1) is 21.5 Å². The SMILES string of the molecule is NCCc1nn2c(=O)c(-c3cccs3)nnc2s1. The molecule has 6 nitrogen and oxygen atoms in total. The zero-order valence-corrected chi connectivity index (χ0v) is 10.9. The molecule has 0 aliphatic heterocycles. The molecule has 3 aromatic heterocycles. The summed E-state index contributed by atoms with van der Waals surface area (Å²) in [6.45, 7) is 0.500. The van der Waals surface area contributed by atoms with Crippen LogP contribution in [0.4, 0.5) is 0 Å². The molecule has 0 bridgehead atoms. The molecule has 0 unspecified atom stereocenters. The van der Waals surface area contributed by atoms with Gasteiger partial charge in [0.1, 0.15) is 5.01 Å². The average molecular weight is 279 g/mol. The number of thiophene rings is 1. The van der Waals surface area contributed by atoms with Crippen LogP contribution in [-0.2, 0) is 6.42 Å². The van der Waals surface area contributed by atoms with E-state index < -0.39 is 0 Å². The number of rotatable bonds is 3. The second-order valence-electron chi connectivity index (χ2n) is 3.56. The van der Waals surface area contributed by atoms with E-state index in [1.165, 1.54) is 27.2 Å². The third-order valence-electron chi connectivity index (χ3n) is 2.35. The van der Waals surface area contributed by atoms with Crippen molar-refractivity contribution in [3.63, 3.8) is 0 Å². The van der Waals surface area contributed by atoms with Crippen LogP contribution in [0, 0.1) is 0 Å². The van der Waals surface area contributed by atoms with Crippen LogP contribution in [0.2, 0.25) is 0 Å². The van der Waals surface area contributed by atoms with Gasteiger partial charge in [-0.2, -0.15) is 9.61 Å². The molecular formula is C10H9N5OS2. The molecule has 0 radical (unpaired) electrons. The molecule has 0 fully saturated rings. The van der Waals surface area contributed by atoms with Gasteiger partial charge in [0.15, 0.2) is 5.69 Å². The van der Waals surface area contributed by atoms with E-state index in [2.05, 4.69) is 15.3 Å². The van der Waals surface area contributed by atoms with Crippen LogP contribution in [0.15, 0.2) is 22.3 Å². The fourth-order valence-electron chi connectivity index (χ4n) is 1.55. The summed E-state index contributed by atoms with van der Waals surface area (Å²) in [5, 5.41) is 14.9. The smallest absolute Gasteiger partial charge is 0.302 e. The molecule has 0 aliphatic carbocycles. The minimum absolute atomic E-state index is 0.234. The maximum Gasteiger partial charge on any atom is 0.302 e. The van der Waals surface area contributed by atoms with Crippen molar-refractivity contribution in [2.75, 3.05) is 6.54 Å². The quantitative estimate of drug-likeness (QED) is 0.765. The highest BCUT2D eigenvalue weighted by Crippen LogP contribution is 2.19. The molecular weight excluding hydrogens is 270 g/mol. The first-order valence-corrected chi connectivity index (χ1v) is 6.98. The first-order valence-electron chi connectivity index (χ1n) is 5.29. The van der Waals surface area contributed by atoms with Crippen molar-refractivity contribution in [2.45, 2.75) is 6.42 Å². The van der Waals surface area contributed by atoms with Crippen LogP contribution in [0.1, 0.15) is 5.01 Å². The maximum absolute atomic E-state index is 12.2. The molecule has 3 aromatic rings. The van der Waals surface area contributed by atoms with Gasteiger partial charge in [-0.1, -0.05) is 17.4 Å². The van der Waals surface area contributed by atoms with Crippen LogP contribution in [0.5, 0.6) is 0 Å². The van der Waals surface area contributed by atoms with Gasteiger partial charge in [-0.25, -0.2) is 0 Å². The van der Waals surface area contributed by atoms with E-state index in [0.29, 0.717) is 23.6 Å². The normalized spacial score (nSPS) is 11.2. The van der Waals surface area contributed by atoms with E-state index in [1.807, 2.05) is 17.5 Å². The molecule has 0 amide bonds. The number of hydrogen-bond acceptors (Lipinski definition) is 7. The van der Waals surface area contributed by atoms with Crippen molar-refractivity contribution in [1.82, 2.24) is 19.8 Å². The summed E-state index contributed by atoms with van der Waals surface area (Å²) < 4.78 is 1.30. The summed E-state index contributed by atoms with van der Waals surface area (Å²) in [7, 11) is 0. The summed E-state index contributed by atoms with van der Waals surface area (Å²) in [5.74, 6) is 0. The van der Waals surface area contributed by atoms with E-state index in [0.717, 1.165) is 9.88 Å². The van der Waals surface area contributed by atoms with Crippen molar-refractivity contribution in [3.8, 4) is 10.6 Å². The van der Waals surface area contributed by atoms with Crippen LogP contribution in [-0.4, -0.2) is 26.4 Å². The molecule has 2 N–H and O–H groups in total. The van der Waals surface area contributed by atoms with Crippen molar-refractivity contribution in [3.05, 3.63) is 32.9 Å². The minimum Gasteiger partial charge on any atom is -0.330 e. The van der Waals surface area contributed by atoms with E-state index in [4.69, 9.17) is 5.73 Å². The van der Waals surface area contributed by atoms with Gasteiger partial charge in [-0.05, 0) is 18.0 Å². The Morgan fingerprint density at radius 1 is 1.39 bits per heavy atom. The summed E-state index contributed by atoms with van der Waals surface area (Å²) in [5.41, 5.74) is 5.58. The zero-order chi connectivity index (χ0) is 12.5. The lowest BCUT2D eigenvalue weighted by Gasteiger charge is -1.94. The van der Waals surface area contributed by atoms with E-state index in [1.54, 1.807) is 0 Å². The van der Waals surface area contributed by atoms with Crippen molar-refractivity contribution < 1.29 is 0 Å². The Hall–Kier alpha value is -1.64. The fourth-order valence-corrected chi connectivity index (χ4v) is 3.09. The fraction of sp³-hybridized carbons (Fsp3) is 0.200. The first-order chi connectivity index (χ1) is 8.79. The third-order valence-corrected chi connectivity index (χ3v) is 4.18. The molecule has 0 spiro atoms. The van der Waals surface area contributed by atoms with E-state index in [9.17, 15) is 4.79 Å². The largest absolute Gasteiger partial charge is 0.330 e. The Morgan fingerprint density at radius 3 is 3.00 bits per heavy atom. The molecule has 0 atom stereocenters. The monoisotopic (exact) mass is 279 g/mol. The second-order valence-corrected chi connectivity index (χ2v) is 5.55. The van der Waals surface area contributed by atoms with Crippen LogP contribution < -0.4 is 11.3 Å². The summed E-state index contributed by atoms with van der Waals surface area (Å²) in [4.78, 5) is 13.5. The number of nitrogens with two attached hydrogens (primary N) is 1. The number of nitrogens with zero attached hydrogens (tertiary/aromatic N) is 4. The standard InChI is InChI=1S/C10H9N5OS2/c11-4-3-7-14-15-9(16)8(6-2-1-5-17-6)12-13-10(15)18-7/h1-2,5H,3-4,11H2. The summed E-state index contributed by atoms with van der Waals surface area (Å²) in [6, 6.07) is 3.71. The predicted octanol–water partition coefficient (Wildman–Crippen LogP) is 0.776. The summed E-state index contributed by atoms with van der Waals surface area (Å²) >= 11 is 2.80. The number of fused-ring (bicyclic) bond motifs is 1. The highest BCUT2D eigenvalue weighted by Gasteiger charge is 2.13. The second kappa shape index (κ2) is 4.56. The van der Waals surface area contributed by atoms with Crippen LogP contribution in [0.3, 0.4) is 0 Å². The highest BCUT2D eigenvalue weighted by molar-refractivity contribution is 7.16. The van der Waals surface area contributed by atoms with Gasteiger partial charge in [-0.3, -0.25) is 4.79 Å². The maximum atomic E-state index is 12.2. The average Bonchev–Trinajstić information content (AvgIpc) is 2.98. The Morgan fingerprint density at radius 2 is 2.28 bits per heavy atom. The molecule has 3 heterocycles. The molecule has 8 heteroatoms. The van der Waals surface area contributed by atoms with Gasteiger partial charge in [0.05, 0.1) is 4.88 Å². The Balaban J connectivity index is 2.20. The molecule has 0 saturated carbocycles. The zero-order valence-electron chi connectivity index (χ0n) is 9.24. The third kappa shape index (κ3) is 1.84. The van der Waals surface area contributed by atoms with Crippen molar-refractivity contribution >= 4 is 27.6 Å². The number of aromatic nitrogens is 4. The van der Waals surface area contributed by atoms with Gasteiger partial charge < -0.3 is 5.73 Å². The van der Waals surface area contributed by atoms with Gasteiger partial charge >= 0.3 is 5.56 Å². The molecule has 0 saturated heterocycles. The summed E-state index contributed by atoms with van der Waals surface area (Å²) in [6.07, 6.45) is 0.641. The van der Waals surface area contributed by atoms with Crippen molar-refractivity contribution in [1.29, 1.82) is 0 Å². The Labute approximate surface area is 110 Å². The van der Waals surface area contributed by atoms with E-state index in [-0.39, 0.29) is 5.56 Å². The van der Waals surface area contributed by atoms with Crippen molar-refractivity contribution in [2.24, 2.45) is 5.73 Å². The lowest BCUT2D eigenvalue weighted by Crippen LogP contribution is -2.19. The molecule has 3 rings (SSSR count). The lowest BCUT2D eigenvalue weighted by molar-refractivity contribution is 0.819. The van der Waals surface area contributed by atoms with Crippen LogP contribution in [0.25, 0.3) is 15.5 Å². The molecule has 18 heavy (non-hydrogen) atoms. The van der Waals surface area contributed by atoms with Gasteiger partial charge in [0.2, 0.25) is 4.96 Å². The minimum atomic E-state index is -0.234. The van der Waals surface area contributed by atoms with Crippen LogP contribution >= 0.6 is 22.7 Å². The Bertz CT molecular complexity index is 730. The Kier molecular flexibility index (Phi) is 2.90. The predicted molar refractivity (Wildman–Crippen MR) is 71.0 cm³/mol. The highest BCUT2D eigenvalue weighted by atomic mass is 32.1. The first kappa shape index (κ1) is 11.5. The molecule has 0 aromatic carbocycles. The molecule has 0 aliphatic rings. The number of hydrogen-bond donors (Lipinski definition) is 1. The molecule has 92 valence electrons.